The largest absolute Gasteiger partial charge is 0.316 e. The molecule has 5 heteroatoms. The monoisotopic (exact) mass is 219 g/mol. The molecular weight excluding hydrogens is 210 g/mol. The maximum atomic E-state index is 13.6. The maximum absolute atomic E-state index is 13.6. The quantitative estimate of drug-likeness (QED) is 0.752. The van der Waals surface area contributed by atoms with E-state index in [2.05, 4.69) is 5.32 Å². The Kier molecular flexibility index (Phi) is 2.42. The van der Waals surface area contributed by atoms with E-state index in [1.165, 1.54) is 0 Å². The zero-order chi connectivity index (χ0) is 11.1. The molecule has 0 bridgehead atoms. The summed E-state index contributed by atoms with van der Waals surface area (Å²) in [5.74, 6) is -6.17. The van der Waals surface area contributed by atoms with Crippen LogP contribution in [0.4, 0.5) is 17.6 Å². The summed E-state index contributed by atoms with van der Waals surface area (Å²) in [6, 6.07) is 2.14. The molecule has 0 saturated carbocycles. The predicted molar refractivity (Wildman–Crippen MR) is 46.6 cm³/mol. The molecule has 1 saturated heterocycles. The first kappa shape index (κ1) is 10.4. The van der Waals surface area contributed by atoms with E-state index in [0.29, 0.717) is 6.07 Å². The van der Waals surface area contributed by atoms with Gasteiger partial charge in [0.15, 0.2) is 0 Å². The lowest BCUT2D eigenvalue weighted by atomic mass is 9.89. The minimum atomic E-state index is -3.23. The first-order valence-electron chi connectivity index (χ1n) is 4.56. The van der Waals surface area contributed by atoms with Crippen molar-refractivity contribution >= 4 is 0 Å². The van der Waals surface area contributed by atoms with Crippen LogP contribution in [0.15, 0.2) is 18.2 Å². The molecule has 0 unspecified atom stereocenters. The van der Waals surface area contributed by atoms with Gasteiger partial charge in [-0.25, -0.2) is 17.6 Å². The van der Waals surface area contributed by atoms with Crippen molar-refractivity contribution in [1.29, 1.82) is 0 Å². The summed E-state index contributed by atoms with van der Waals surface area (Å²) in [6.07, 6.45) is 0. The molecule has 0 atom stereocenters. The molecule has 1 aromatic rings. The number of halogens is 4. The van der Waals surface area contributed by atoms with Gasteiger partial charge >= 0.3 is 0 Å². The van der Waals surface area contributed by atoms with Crippen LogP contribution in [-0.2, 0) is 5.92 Å². The van der Waals surface area contributed by atoms with Crippen LogP contribution in [-0.4, -0.2) is 13.1 Å². The normalized spacial score (nSPS) is 17.6. The lowest BCUT2D eigenvalue weighted by molar-refractivity contribution is -0.0860. The third-order valence-electron chi connectivity index (χ3n) is 2.58. The van der Waals surface area contributed by atoms with Gasteiger partial charge in [-0.1, -0.05) is 0 Å². The number of nitrogens with one attached hydrogen (secondary N) is 1. The van der Waals surface area contributed by atoms with Crippen LogP contribution in [0.5, 0.6) is 0 Å². The Hall–Kier alpha value is -1.10. The molecule has 1 nitrogen and oxygen atoms in total. The van der Waals surface area contributed by atoms with Gasteiger partial charge in [-0.15, -0.1) is 0 Å². The number of benzene rings is 1. The number of hydrogen-bond acceptors (Lipinski definition) is 1. The molecule has 1 aliphatic heterocycles. The Bertz CT molecular complexity index is 374. The fraction of sp³-hybridized carbons (Fsp3) is 0.400. The molecule has 0 spiro atoms. The third-order valence-corrected chi connectivity index (χ3v) is 2.58. The molecule has 2 rings (SSSR count). The Morgan fingerprint density at radius 2 is 1.87 bits per heavy atom. The van der Waals surface area contributed by atoms with E-state index in [0.717, 1.165) is 12.1 Å². The van der Waals surface area contributed by atoms with Gasteiger partial charge in [0.05, 0.1) is 11.5 Å². The van der Waals surface area contributed by atoms with Crippen molar-refractivity contribution in [2.75, 3.05) is 13.1 Å². The number of rotatable bonds is 2. The fourth-order valence-electron chi connectivity index (χ4n) is 1.52. The molecule has 1 aromatic carbocycles. The minimum absolute atomic E-state index is 0.157. The van der Waals surface area contributed by atoms with E-state index in [4.69, 9.17) is 0 Å². The van der Waals surface area contributed by atoms with E-state index in [9.17, 15) is 17.6 Å². The van der Waals surface area contributed by atoms with E-state index in [1.807, 2.05) is 0 Å². The van der Waals surface area contributed by atoms with Crippen LogP contribution >= 0.6 is 0 Å². The van der Waals surface area contributed by atoms with Gasteiger partial charge in [-0.2, -0.15) is 0 Å². The summed E-state index contributed by atoms with van der Waals surface area (Å²) >= 11 is 0. The first-order chi connectivity index (χ1) is 7.01. The highest BCUT2D eigenvalue weighted by atomic mass is 19.3. The smallest absolute Gasteiger partial charge is 0.281 e. The molecule has 1 N–H and O–H groups in total. The second-order valence-electron chi connectivity index (χ2n) is 3.60. The average molecular weight is 219 g/mol. The molecule has 0 aromatic heterocycles. The Labute approximate surface area is 84.1 Å². The summed E-state index contributed by atoms with van der Waals surface area (Å²) in [4.78, 5) is 0. The van der Waals surface area contributed by atoms with Crippen molar-refractivity contribution in [2.45, 2.75) is 5.92 Å². The Morgan fingerprint density at radius 3 is 2.33 bits per heavy atom. The fourth-order valence-corrected chi connectivity index (χ4v) is 1.52. The van der Waals surface area contributed by atoms with Crippen molar-refractivity contribution in [1.82, 2.24) is 5.32 Å². The van der Waals surface area contributed by atoms with E-state index >= 15 is 0 Å². The van der Waals surface area contributed by atoms with Gasteiger partial charge in [0, 0.05) is 19.2 Å². The van der Waals surface area contributed by atoms with Crippen LogP contribution < -0.4 is 5.32 Å². The van der Waals surface area contributed by atoms with Gasteiger partial charge in [-0.3, -0.25) is 0 Å². The van der Waals surface area contributed by atoms with E-state index in [1.54, 1.807) is 0 Å². The first-order valence-corrected chi connectivity index (χ1v) is 4.56. The number of hydrogen-bond donors (Lipinski definition) is 1. The second-order valence-corrected chi connectivity index (χ2v) is 3.60. The lowest BCUT2D eigenvalue weighted by Crippen LogP contribution is -2.50. The van der Waals surface area contributed by atoms with Crippen molar-refractivity contribution < 1.29 is 17.6 Å². The zero-order valence-corrected chi connectivity index (χ0v) is 7.74. The van der Waals surface area contributed by atoms with Gasteiger partial charge in [0.2, 0.25) is 0 Å². The molecule has 1 fully saturated rings. The minimum Gasteiger partial charge on any atom is -0.316 e. The Morgan fingerprint density at radius 1 is 1.20 bits per heavy atom. The maximum Gasteiger partial charge on any atom is 0.281 e. The molecule has 1 aliphatic rings. The summed E-state index contributed by atoms with van der Waals surface area (Å²) in [7, 11) is 0. The van der Waals surface area contributed by atoms with Crippen LogP contribution in [0.1, 0.15) is 5.56 Å². The lowest BCUT2D eigenvalue weighted by Gasteiger charge is -2.34. The van der Waals surface area contributed by atoms with Crippen molar-refractivity contribution in [2.24, 2.45) is 5.92 Å². The average Bonchev–Trinajstić information content (AvgIpc) is 1.97. The summed E-state index contributed by atoms with van der Waals surface area (Å²) in [5, 5.41) is 2.69. The molecule has 0 amide bonds. The molecule has 0 radical (unpaired) electrons. The summed E-state index contributed by atoms with van der Waals surface area (Å²) in [6.45, 7) is 0.313. The molecular formula is C10H9F4N. The number of alkyl halides is 2. The highest BCUT2D eigenvalue weighted by molar-refractivity contribution is 5.24. The topological polar surface area (TPSA) is 12.0 Å². The van der Waals surface area contributed by atoms with Crippen LogP contribution in [0.25, 0.3) is 0 Å². The van der Waals surface area contributed by atoms with E-state index < -0.39 is 29.0 Å². The Balaban J connectivity index is 2.34. The highest BCUT2D eigenvalue weighted by Gasteiger charge is 2.46. The molecule has 0 aliphatic carbocycles. The highest BCUT2D eigenvalue weighted by Crippen LogP contribution is 2.39. The van der Waals surface area contributed by atoms with Crippen molar-refractivity contribution in [3.8, 4) is 0 Å². The third kappa shape index (κ3) is 1.71. The zero-order valence-electron chi connectivity index (χ0n) is 7.74. The predicted octanol–water partition coefficient (Wildman–Crippen LogP) is 2.28. The van der Waals surface area contributed by atoms with Gasteiger partial charge in [0.1, 0.15) is 11.6 Å². The molecule has 82 valence electrons. The standard InChI is InChI=1S/C10H9F4N/c11-7-1-2-8(9(12)3-7)10(13,14)6-4-15-5-6/h1-3,6,15H,4-5H2. The second kappa shape index (κ2) is 3.48. The summed E-state index contributed by atoms with van der Waals surface area (Å²) < 4.78 is 52.8. The van der Waals surface area contributed by atoms with Crippen LogP contribution in [0, 0.1) is 17.6 Å². The van der Waals surface area contributed by atoms with Gasteiger partial charge in [0.25, 0.3) is 5.92 Å². The van der Waals surface area contributed by atoms with Gasteiger partial charge < -0.3 is 5.32 Å². The van der Waals surface area contributed by atoms with Crippen LogP contribution in [0.2, 0.25) is 0 Å². The van der Waals surface area contributed by atoms with Crippen molar-refractivity contribution in [3.63, 3.8) is 0 Å². The van der Waals surface area contributed by atoms with Crippen molar-refractivity contribution in [3.05, 3.63) is 35.4 Å². The summed E-state index contributed by atoms with van der Waals surface area (Å²) in [5.41, 5.74) is -0.726. The van der Waals surface area contributed by atoms with Crippen LogP contribution in [0.3, 0.4) is 0 Å². The van der Waals surface area contributed by atoms with Gasteiger partial charge in [-0.05, 0) is 12.1 Å². The molecule has 15 heavy (non-hydrogen) atoms. The SMILES string of the molecule is Fc1ccc(C(F)(F)C2CNC2)c(F)c1. The molecule has 1 heterocycles. The van der Waals surface area contributed by atoms with E-state index in [-0.39, 0.29) is 13.1 Å².